The van der Waals surface area contributed by atoms with Crippen molar-refractivity contribution in [2.75, 3.05) is 0 Å². The number of esters is 2. The molecule has 126 valence electrons. The molecule has 0 fully saturated rings. The second kappa shape index (κ2) is 7.68. The number of ether oxygens (including phenoxy) is 2. The molecule has 0 aliphatic carbocycles. The van der Waals surface area contributed by atoms with Crippen LogP contribution in [0.1, 0.15) is 48.4 Å². The minimum absolute atomic E-state index is 0.207. The van der Waals surface area contributed by atoms with Crippen LogP contribution in [0.3, 0.4) is 0 Å². The fraction of sp³-hybridized carbons (Fsp3) is 0.333. The van der Waals surface area contributed by atoms with E-state index in [1.165, 1.54) is 12.4 Å². The van der Waals surface area contributed by atoms with E-state index >= 15 is 0 Å². The Kier molecular flexibility index (Phi) is 5.63. The van der Waals surface area contributed by atoms with Crippen LogP contribution in [0, 0.1) is 0 Å². The van der Waals surface area contributed by atoms with Crippen molar-refractivity contribution in [1.29, 1.82) is 0 Å². The summed E-state index contributed by atoms with van der Waals surface area (Å²) in [5, 5.41) is 0. The number of aromatic nitrogens is 2. The van der Waals surface area contributed by atoms with E-state index in [9.17, 15) is 9.59 Å². The smallest absolute Gasteiger partial charge is 0.338 e. The number of carbonyl (C=O) groups excluding carboxylic acids is 2. The molecule has 0 unspecified atom stereocenters. The van der Waals surface area contributed by atoms with Gasteiger partial charge in [-0.25, -0.2) is 9.59 Å². The number of hydrogen-bond acceptors (Lipinski definition) is 6. The van der Waals surface area contributed by atoms with E-state index in [-0.39, 0.29) is 12.2 Å². The number of rotatable bonds is 5. The zero-order valence-electron chi connectivity index (χ0n) is 14.1. The molecule has 0 aliphatic heterocycles. The Labute approximate surface area is 140 Å². The highest BCUT2D eigenvalue weighted by atomic mass is 16.5. The Bertz CT molecular complexity index is 678. The van der Waals surface area contributed by atoms with Gasteiger partial charge in [0.2, 0.25) is 0 Å². The van der Waals surface area contributed by atoms with E-state index in [0.29, 0.717) is 22.5 Å². The normalized spacial score (nSPS) is 10.8. The Balaban J connectivity index is 2.29. The maximum absolute atomic E-state index is 12.0. The number of hydrogen-bond donors (Lipinski definition) is 0. The summed E-state index contributed by atoms with van der Waals surface area (Å²) in [5.74, 6) is -0.854. The average molecular weight is 328 g/mol. The van der Waals surface area contributed by atoms with Gasteiger partial charge in [-0.1, -0.05) is 0 Å². The first kappa shape index (κ1) is 17.6. The molecule has 0 radical (unpaired) electrons. The third kappa shape index (κ3) is 4.62. The molecule has 0 saturated carbocycles. The van der Waals surface area contributed by atoms with Crippen molar-refractivity contribution < 1.29 is 19.1 Å². The van der Waals surface area contributed by atoms with Crippen LogP contribution in [-0.2, 0) is 9.47 Å². The molecule has 0 atom stereocenters. The van der Waals surface area contributed by atoms with Crippen LogP contribution >= 0.6 is 0 Å². The first-order valence-electron chi connectivity index (χ1n) is 7.71. The summed E-state index contributed by atoms with van der Waals surface area (Å²) in [5.41, 5.74) is 1.72. The minimum Gasteiger partial charge on any atom is -0.459 e. The van der Waals surface area contributed by atoms with E-state index in [4.69, 9.17) is 9.47 Å². The van der Waals surface area contributed by atoms with Crippen LogP contribution in [0.25, 0.3) is 11.4 Å². The maximum Gasteiger partial charge on any atom is 0.338 e. The lowest BCUT2D eigenvalue weighted by Gasteiger charge is -2.10. The van der Waals surface area contributed by atoms with Crippen molar-refractivity contribution in [3.8, 4) is 11.4 Å². The SMILES string of the molecule is CC(C)OC(=O)c1ccnc(-c2cc(C(=O)OC(C)C)ccn2)c1. The maximum atomic E-state index is 12.0. The third-order valence-corrected chi connectivity index (χ3v) is 2.94. The lowest BCUT2D eigenvalue weighted by molar-refractivity contribution is 0.0367. The van der Waals surface area contributed by atoms with E-state index in [1.807, 2.05) is 0 Å². The molecule has 0 N–H and O–H groups in total. The van der Waals surface area contributed by atoms with Gasteiger partial charge in [0, 0.05) is 12.4 Å². The molecule has 24 heavy (non-hydrogen) atoms. The minimum atomic E-state index is -0.427. The summed E-state index contributed by atoms with van der Waals surface area (Å²) in [6.45, 7) is 7.13. The summed E-state index contributed by atoms with van der Waals surface area (Å²) in [7, 11) is 0. The molecule has 2 aromatic heterocycles. The topological polar surface area (TPSA) is 78.4 Å². The molecule has 6 heteroatoms. The Hall–Kier alpha value is -2.76. The van der Waals surface area contributed by atoms with Gasteiger partial charge in [0.1, 0.15) is 0 Å². The fourth-order valence-corrected chi connectivity index (χ4v) is 1.96. The predicted octanol–water partition coefficient (Wildman–Crippen LogP) is 3.27. The number of pyridine rings is 2. The van der Waals surface area contributed by atoms with Gasteiger partial charge in [-0.05, 0) is 52.0 Å². The summed E-state index contributed by atoms with van der Waals surface area (Å²) in [4.78, 5) is 32.4. The van der Waals surface area contributed by atoms with Gasteiger partial charge in [0.25, 0.3) is 0 Å². The quantitative estimate of drug-likeness (QED) is 0.784. The highest BCUT2D eigenvalue weighted by molar-refractivity contribution is 5.92. The van der Waals surface area contributed by atoms with Gasteiger partial charge in [0.15, 0.2) is 0 Å². The zero-order valence-corrected chi connectivity index (χ0v) is 14.1. The Morgan fingerprint density at radius 3 is 1.50 bits per heavy atom. The van der Waals surface area contributed by atoms with Crippen molar-refractivity contribution in [2.45, 2.75) is 39.9 Å². The predicted molar refractivity (Wildman–Crippen MR) is 88.6 cm³/mol. The molecule has 2 rings (SSSR count). The molecule has 0 spiro atoms. The number of carbonyl (C=O) groups is 2. The summed E-state index contributed by atoms with van der Waals surface area (Å²) < 4.78 is 10.3. The van der Waals surface area contributed by atoms with Gasteiger partial charge >= 0.3 is 11.9 Å². The van der Waals surface area contributed by atoms with Crippen molar-refractivity contribution in [3.63, 3.8) is 0 Å². The number of nitrogens with zero attached hydrogens (tertiary/aromatic N) is 2. The molecule has 0 bridgehead atoms. The second-order valence-corrected chi connectivity index (χ2v) is 5.77. The molecule has 0 saturated heterocycles. The van der Waals surface area contributed by atoms with Crippen molar-refractivity contribution in [1.82, 2.24) is 9.97 Å². The Morgan fingerprint density at radius 2 is 1.17 bits per heavy atom. The van der Waals surface area contributed by atoms with Gasteiger partial charge in [0.05, 0.1) is 34.7 Å². The van der Waals surface area contributed by atoms with Crippen LogP contribution in [0.4, 0.5) is 0 Å². The standard InChI is InChI=1S/C18H20N2O4/c1-11(2)23-17(21)13-5-7-19-15(9-13)16-10-14(6-8-20-16)18(22)24-12(3)4/h5-12H,1-4H3. The van der Waals surface area contributed by atoms with E-state index in [0.717, 1.165) is 0 Å². The average Bonchev–Trinajstić information content (AvgIpc) is 2.54. The lowest BCUT2D eigenvalue weighted by Crippen LogP contribution is -2.12. The van der Waals surface area contributed by atoms with E-state index < -0.39 is 11.9 Å². The van der Waals surface area contributed by atoms with Crippen LogP contribution < -0.4 is 0 Å². The van der Waals surface area contributed by atoms with Gasteiger partial charge in [-0.3, -0.25) is 9.97 Å². The van der Waals surface area contributed by atoms with Crippen molar-refractivity contribution >= 4 is 11.9 Å². The first-order valence-corrected chi connectivity index (χ1v) is 7.71. The Morgan fingerprint density at radius 1 is 0.792 bits per heavy atom. The highest BCUT2D eigenvalue weighted by Gasteiger charge is 2.14. The van der Waals surface area contributed by atoms with Gasteiger partial charge in [-0.15, -0.1) is 0 Å². The van der Waals surface area contributed by atoms with E-state index in [2.05, 4.69) is 9.97 Å². The van der Waals surface area contributed by atoms with Crippen molar-refractivity contribution in [2.24, 2.45) is 0 Å². The molecular weight excluding hydrogens is 308 g/mol. The largest absolute Gasteiger partial charge is 0.459 e. The molecular formula is C18H20N2O4. The lowest BCUT2D eigenvalue weighted by atomic mass is 10.1. The molecule has 0 aromatic carbocycles. The van der Waals surface area contributed by atoms with Crippen LogP contribution in [0.5, 0.6) is 0 Å². The monoisotopic (exact) mass is 328 g/mol. The van der Waals surface area contributed by atoms with Gasteiger partial charge < -0.3 is 9.47 Å². The van der Waals surface area contributed by atoms with E-state index in [1.54, 1.807) is 52.0 Å². The van der Waals surface area contributed by atoms with Crippen molar-refractivity contribution in [3.05, 3.63) is 47.8 Å². The summed E-state index contributed by atoms with van der Waals surface area (Å²) >= 11 is 0. The molecule has 0 amide bonds. The molecule has 6 nitrogen and oxygen atoms in total. The highest BCUT2D eigenvalue weighted by Crippen LogP contribution is 2.18. The van der Waals surface area contributed by atoms with Crippen LogP contribution in [0.15, 0.2) is 36.7 Å². The molecule has 0 aliphatic rings. The second-order valence-electron chi connectivity index (χ2n) is 5.77. The third-order valence-electron chi connectivity index (χ3n) is 2.94. The van der Waals surface area contributed by atoms with Crippen LogP contribution in [0.2, 0.25) is 0 Å². The fourth-order valence-electron chi connectivity index (χ4n) is 1.96. The van der Waals surface area contributed by atoms with Gasteiger partial charge in [-0.2, -0.15) is 0 Å². The first-order chi connectivity index (χ1) is 11.4. The summed E-state index contributed by atoms with van der Waals surface area (Å²) in [6.07, 6.45) is 2.60. The molecule has 2 heterocycles. The summed E-state index contributed by atoms with van der Waals surface area (Å²) in [6, 6.07) is 6.32. The molecule has 2 aromatic rings. The zero-order chi connectivity index (χ0) is 17.7. The van der Waals surface area contributed by atoms with Crippen LogP contribution in [-0.4, -0.2) is 34.1 Å².